The number of carbonyl (C=O) groups is 3. The van der Waals surface area contributed by atoms with Crippen LogP contribution in [0.15, 0.2) is 30.3 Å². The van der Waals surface area contributed by atoms with E-state index >= 15 is 0 Å². The zero-order chi connectivity index (χ0) is 18.2. The number of nitrogens with zero attached hydrogens (tertiary/aromatic N) is 1. The molecule has 0 saturated carbocycles. The summed E-state index contributed by atoms with van der Waals surface area (Å²) < 4.78 is 4.71. The molecule has 8 nitrogen and oxygen atoms in total. The first-order valence-corrected chi connectivity index (χ1v) is 8.23. The molecule has 25 heavy (non-hydrogen) atoms. The number of methoxy groups -OCH3 is 1. The van der Waals surface area contributed by atoms with E-state index in [1.807, 2.05) is 30.3 Å². The van der Waals surface area contributed by atoms with E-state index in [1.165, 1.54) is 18.4 Å². The summed E-state index contributed by atoms with van der Waals surface area (Å²) in [7, 11) is 1.31. The third-order valence-electron chi connectivity index (χ3n) is 3.15. The maximum atomic E-state index is 11.9. The molecule has 132 valence electrons. The molecule has 0 saturated heterocycles. The average Bonchev–Trinajstić information content (AvgIpc) is 3.02. The van der Waals surface area contributed by atoms with Crippen molar-refractivity contribution < 1.29 is 19.1 Å². The van der Waals surface area contributed by atoms with Crippen LogP contribution in [0.5, 0.6) is 0 Å². The number of carbonyl (C=O) groups excluding carboxylic acids is 3. The second-order valence-corrected chi connectivity index (χ2v) is 6.02. The van der Waals surface area contributed by atoms with Crippen molar-refractivity contribution in [2.24, 2.45) is 5.73 Å². The minimum absolute atomic E-state index is 0.0537. The Balaban J connectivity index is 2.18. The van der Waals surface area contributed by atoms with Gasteiger partial charge in [0.25, 0.3) is 0 Å². The van der Waals surface area contributed by atoms with Gasteiger partial charge < -0.3 is 21.1 Å². The number of ether oxygens (including phenoxy) is 1. The predicted molar refractivity (Wildman–Crippen MR) is 94.0 cm³/mol. The Morgan fingerprint density at radius 2 is 1.92 bits per heavy atom. The van der Waals surface area contributed by atoms with Gasteiger partial charge in [-0.15, -0.1) is 11.3 Å². The molecule has 0 unspecified atom stereocenters. The van der Waals surface area contributed by atoms with Crippen LogP contribution in [0.2, 0.25) is 0 Å². The predicted octanol–water partition coefficient (Wildman–Crippen LogP) is 0.539. The summed E-state index contributed by atoms with van der Waals surface area (Å²) >= 11 is 1.19. The molecule has 0 bridgehead atoms. The first-order chi connectivity index (χ1) is 12.0. The zero-order valence-electron chi connectivity index (χ0n) is 13.6. The molecule has 1 aromatic heterocycles. The van der Waals surface area contributed by atoms with Gasteiger partial charge in [-0.1, -0.05) is 30.3 Å². The van der Waals surface area contributed by atoms with Gasteiger partial charge in [0.2, 0.25) is 11.8 Å². The Labute approximate surface area is 148 Å². The van der Waals surface area contributed by atoms with Gasteiger partial charge in [-0.25, -0.2) is 4.98 Å². The molecule has 0 aliphatic carbocycles. The second-order valence-electron chi connectivity index (χ2n) is 4.94. The first kappa shape index (κ1) is 18.6. The summed E-state index contributed by atoms with van der Waals surface area (Å²) in [6, 6.07) is 9.32. The summed E-state index contributed by atoms with van der Waals surface area (Å²) in [4.78, 5) is 39.7. The number of nitrogens with two attached hydrogens (primary N) is 1. The maximum Gasteiger partial charge on any atom is 0.310 e. The normalized spacial score (nSPS) is 10.2. The van der Waals surface area contributed by atoms with E-state index in [2.05, 4.69) is 15.6 Å². The van der Waals surface area contributed by atoms with Crippen molar-refractivity contribution in [1.82, 2.24) is 10.3 Å². The van der Waals surface area contributed by atoms with E-state index in [-0.39, 0.29) is 19.5 Å². The SMILES string of the molecule is COC(=O)Cc1sc(NC(=O)CNC(=O)CN)nc1-c1ccccc1. The standard InChI is InChI=1S/C16H18N4O4S/c1-24-14(23)7-11-15(10-5-3-2-4-6-10)20-16(25-11)19-13(22)9-18-12(21)8-17/h2-6H,7-9,17H2,1H3,(H,18,21)(H,19,20,22). The molecule has 4 N–H and O–H groups in total. The lowest BCUT2D eigenvalue weighted by atomic mass is 10.1. The summed E-state index contributed by atoms with van der Waals surface area (Å²) in [5.41, 5.74) is 6.60. The van der Waals surface area contributed by atoms with Crippen LogP contribution in [0.3, 0.4) is 0 Å². The van der Waals surface area contributed by atoms with E-state index in [4.69, 9.17) is 10.5 Å². The van der Waals surface area contributed by atoms with Gasteiger partial charge in [0.05, 0.1) is 32.3 Å². The van der Waals surface area contributed by atoms with Crippen LogP contribution < -0.4 is 16.4 Å². The molecule has 2 amide bonds. The van der Waals surface area contributed by atoms with Crippen molar-refractivity contribution in [2.45, 2.75) is 6.42 Å². The Morgan fingerprint density at radius 3 is 2.56 bits per heavy atom. The highest BCUT2D eigenvalue weighted by Gasteiger charge is 2.17. The molecule has 2 aromatic rings. The van der Waals surface area contributed by atoms with Crippen molar-refractivity contribution in [3.63, 3.8) is 0 Å². The number of aromatic nitrogens is 1. The summed E-state index contributed by atoms with van der Waals surface area (Å²) in [5, 5.41) is 5.32. The van der Waals surface area contributed by atoms with Crippen molar-refractivity contribution in [3.05, 3.63) is 35.2 Å². The topological polar surface area (TPSA) is 123 Å². The number of anilines is 1. The zero-order valence-corrected chi connectivity index (χ0v) is 14.4. The number of rotatable bonds is 7. The highest BCUT2D eigenvalue weighted by molar-refractivity contribution is 7.16. The van der Waals surface area contributed by atoms with Crippen molar-refractivity contribution in [3.8, 4) is 11.3 Å². The maximum absolute atomic E-state index is 11.9. The Hall–Kier alpha value is -2.78. The minimum atomic E-state index is -0.431. The van der Waals surface area contributed by atoms with Crippen molar-refractivity contribution in [2.75, 3.05) is 25.5 Å². The molecular weight excluding hydrogens is 344 g/mol. The molecule has 0 atom stereocenters. The molecule has 0 radical (unpaired) electrons. The highest BCUT2D eigenvalue weighted by atomic mass is 32.1. The molecule has 0 aliphatic heterocycles. The lowest BCUT2D eigenvalue weighted by molar-refractivity contribution is -0.139. The van der Waals surface area contributed by atoms with E-state index in [0.29, 0.717) is 15.7 Å². The van der Waals surface area contributed by atoms with Gasteiger partial charge in [0, 0.05) is 10.4 Å². The number of amides is 2. The van der Waals surface area contributed by atoms with Crippen LogP contribution in [0, 0.1) is 0 Å². The third-order valence-corrected chi connectivity index (χ3v) is 4.13. The lowest BCUT2D eigenvalue weighted by Crippen LogP contribution is -2.36. The van der Waals surface area contributed by atoms with Crippen LogP contribution in [0.25, 0.3) is 11.3 Å². The van der Waals surface area contributed by atoms with Crippen LogP contribution in [0.4, 0.5) is 5.13 Å². The van der Waals surface area contributed by atoms with E-state index in [0.717, 1.165) is 5.56 Å². The minimum Gasteiger partial charge on any atom is -0.469 e. The summed E-state index contributed by atoms with van der Waals surface area (Å²) in [6.07, 6.45) is 0.0537. The van der Waals surface area contributed by atoms with Gasteiger partial charge in [-0.3, -0.25) is 14.4 Å². The fraction of sp³-hybridized carbons (Fsp3) is 0.250. The Morgan fingerprint density at radius 1 is 1.20 bits per heavy atom. The molecule has 0 spiro atoms. The van der Waals surface area contributed by atoms with Gasteiger partial charge in [0.15, 0.2) is 5.13 Å². The number of hydrogen-bond acceptors (Lipinski definition) is 7. The number of benzene rings is 1. The van der Waals surface area contributed by atoms with Crippen molar-refractivity contribution in [1.29, 1.82) is 0 Å². The van der Waals surface area contributed by atoms with Crippen LogP contribution in [0.1, 0.15) is 4.88 Å². The Kier molecular flexibility index (Phi) is 6.61. The van der Waals surface area contributed by atoms with E-state index in [9.17, 15) is 14.4 Å². The quantitative estimate of drug-likeness (QED) is 0.618. The van der Waals surface area contributed by atoms with Crippen LogP contribution >= 0.6 is 11.3 Å². The van der Waals surface area contributed by atoms with Crippen LogP contribution in [-0.4, -0.2) is 43.0 Å². The number of esters is 1. The largest absolute Gasteiger partial charge is 0.469 e. The molecule has 2 rings (SSSR count). The highest BCUT2D eigenvalue weighted by Crippen LogP contribution is 2.31. The molecule has 0 aliphatic rings. The molecule has 0 fully saturated rings. The van der Waals surface area contributed by atoms with Crippen molar-refractivity contribution >= 4 is 34.3 Å². The fourth-order valence-corrected chi connectivity index (χ4v) is 2.95. The van der Waals surface area contributed by atoms with Crippen LogP contribution in [-0.2, 0) is 25.5 Å². The fourth-order valence-electron chi connectivity index (χ4n) is 1.96. The van der Waals surface area contributed by atoms with Gasteiger partial charge in [-0.05, 0) is 0 Å². The van der Waals surface area contributed by atoms with E-state index < -0.39 is 17.8 Å². The van der Waals surface area contributed by atoms with Gasteiger partial charge in [-0.2, -0.15) is 0 Å². The molecule has 1 aromatic carbocycles. The monoisotopic (exact) mass is 362 g/mol. The first-order valence-electron chi connectivity index (χ1n) is 7.42. The molecular formula is C16H18N4O4S. The third kappa shape index (κ3) is 5.37. The van der Waals surface area contributed by atoms with Gasteiger partial charge in [0.1, 0.15) is 0 Å². The van der Waals surface area contributed by atoms with Gasteiger partial charge >= 0.3 is 5.97 Å². The summed E-state index contributed by atoms with van der Waals surface area (Å²) in [5.74, 6) is -1.25. The number of nitrogens with one attached hydrogen (secondary N) is 2. The summed E-state index contributed by atoms with van der Waals surface area (Å²) in [6.45, 7) is -0.394. The molecule has 9 heteroatoms. The molecule has 1 heterocycles. The number of hydrogen-bond donors (Lipinski definition) is 3. The Bertz CT molecular complexity index is 761. The second kappa shape index (κ2) is 8.90. The number of thiazole rings is 1. The lowest BCUT2D eigenvalue weighted by Gasteiger charge is -2.03. The average molecular weight is 362 g/mol. The van der Waals surface area contributed by atoms with E-state index in [1.54, 1.807) is 0 Å². The smallest absolute Gasteiger partial charge is 0.310 e.